The highest BCUT2D eigenvalue weighted by atomic mass is 35.5. The Labute approximate surface area is 203 Å². The third-order valence-corrected chi connectivity index (χ3v) is 5.80. The number of aliphatic hydroxyl groups excluding tert-OH is 1. The van der Waals surface area contributed by atoms with E-state index in [1.54, 1.807) is 79.9 Å². The van der Waals surface area contributed by atoms with Crippen LogP contribution in [0.1, 0.15) is 30.5 Å². The van der Waals surface area contributed by atoms with Crippen molar-refractivity contribution in [2.45, 2.75) is 19.4 Å². The number of aliphatic hydroxyl groups is 1. The number of hydrogen-bond acceptors (Lipinski definition) is 5. The summed E-state index contributed by atoms with van der Waals surface area (Å²) in [6.07, 6.45) is 0.874. The van der Waals surface area contributed by atoms with Gasteiger partial charge in [0.2, 0.25) is 0 Å². The molecule has 0 aliphatic carbocycles. The summed E-state index contributed by atoms with van der Waals surface area (Å²) >= 11 is 6.10. The van der Waals surface area contributed by atoms with E-state index in [2.05, 4.69) is 0 Å². The minimum atomic E-state index is -0.840. The molecule has 1 amide bonds. The lowest BCUT2D eigenvalue weighted by molar-refractivity contribution is -0.132. The largest absolute Gasteiger partial charge is 0.507 e. The van der Waals surface area contributed by atoms with E-state index in [0.29, 0.717) is 39.9 Å². The molecule has 6 nitrogen and oxygen atoms in total. The topological polar surface area (TPSA) is 76.1 Å². The summed E-state index contributed by atoms with van der Waals surface area (Å²) < 4.78 is 10.9. The Balaban J connectivity index is 1.86. The van der Waals surface area contributed by atoms with Gasteiger partial charge < -0.3 is 14.6 Å². The van der Waals surface area contributed by atoms with Crippen LogP contribution in [0.15, 0.2) is 78.4 Å². The van der Waals surface area contributed by atoms with Crippen LogP contribution in [-0.4, -0.2) is 30.5 Å². The Kier molecular flexibility index (Phi) is 6.89. The standard InChI is InChI=1S/C27H24ClNO5/c1-3-15-34-22-11-7-17(8-12-22)24-23(25(30)18-5-4-6-19(28)16-18)26(31)27(32)29(24)20-9-13-21(33-2)14-10-20/h4-14,16,24,30H,3,15H2,1-2H3/b25-23-. The first-order valence-corrected chi connectivity index (χ1v) is 11.3. The quantitative estimate of drug-likeness (QED) is 0.266. The van der Waals surface area contributed by atoms with Crippen LogP contribution in [0, 0.1) is 0 Å². The van der Waals surface area contributed by atoms with E-state index in [0.717, 1.165) is 6.42 Å². The summed E-state index contributed by atoms with van der Waals surface area (Å²) in [5, 5.41) is 11.6. The Bertz CT molecular complexity index is 1230. The molecular formula is C27H24ClNO5. The number of Topliss-reactive ketones (excluding diaryl/α,β-unsaturated/α-hetero) is 1. The smallest absolute Gasteiger partial charge is 0.300 e. The van der Waals surface area contributed by atoms with Crippen molar-refractivity contribution in [3.63, 3.8) is 0 Å². The number of methoxy groups -OCH3 is 1. The van der Waals surface area contributed by atoms with Crippen LogP contribution in [0.4, 0.5) is 5.69 Å². The highest BCUT2D eigenvalue weighted by molar-refractivity contribution is 6.51. The molecule has 34 heavy (non-hydrogen) atoms. The highest BCUT2D eigenvalue weighted by Crippen LogP contribution is 2.43. The van der Waals surface area contributed by atoms with Crippen molar-refractivity contribution in [3.8, 4) is 11.5 Å². The Hall–Kier alpha value is -3.77. The third kappa shape index (κ3) is 4.50. The number of nitrogens with zero attached hydrogens (tertiary/aromatic N) is 1. The zero-order chi connectivity index (χ0) is 24.2. The number of benzene rings is 3. The molecule has 1 aliphatic heterocycles. The lowest BCUT2D eigenvalue weighted by Gasteiger charge is -2.25. The van der Waals surface area contributed by atoms with E-state index in [-0.39, 0.29) is 11.3 Å². The van der Waals surface area contributed by atoms with Crippen LogP contribution >= 0.6 is 11.6 Å². The first-order valence-electron chi connectivity index (χ1n) is 10.9. The predicted molar refractivity (Wildman–Crippen MR) is 131 cm³/mol. The minimum Gasteiger partial charge on any atom is -0.507 e. The average molecular weight is 478 g/mol. The van der Waals surface area contributed by atoms with Gasteiger partial charge in [0.1, 0.15) is 17.3 Å². The maximum absolute atomic E-state index is 13.2. The first-order chi connectivity index (χ1) is 16.4. The average Bonchev–Trinajstić information content (AvgIpc) is 3.13. The summed E-state index contributed by atoms with van der Waals surface area (Å²) in [4.78, 5) is 27.8. The second-order valence-corrected chi connectivity index (χ2v) is 8.23. The molecule has 0 bridgehead atoms. The van der Waals surface area contributed by atoms with Crippen LogP contribution in [0.2, 0.25) is 5.02 Å². The van der Waals surface area contributed by atoms with E-state index in [4.69, 9.17) is 21.1 Å². The number of hydrogen-bond donors (Lipinski definition) is 1. The van der Waals surface area contributed by atoms with Crippen molar-refractivity contribution < 1.29 is 24.2 Å². The summed E-state index contributed by atoms with van der Waals surface area (Å²) in [7, 11) is 1.55. The Morgan fingerprint density at radius 1 is 1.00 bits per heavy atom. The number of ether oxygens (including phenoxy) is 2. The number of carbonyl (C=O) groups excluding carboxylic acids is 2. The van der Waals surface area contributed by atoms with Crippen LogP contribution in [-0.2, 0) is 9.59 Å². The number of rotatable bonds is 7. The molecule has 1 saturated heterocycles. The molecule has 1 N–H and O–H groups in total. The molecule has 4 rings (SSSR count). The monoisotopic (exact) mass is 477 g/mol. The maximum Gasteiger partial charge on any atom is 0.300 e. The van der Waals surface area contributed by atoms with Crippen LogP contribution in [0.5, 0.6) is 11.5 Å². The van der Waals surface area contributed by atoms with Gasteiger partial charge in [0.15, 0.2) is 0 Å². The van der Waals surface area contributed by atoms with E-state index in [1.807, 2.05) is 6.92 Å². The molecule has 1 unspecified atom stereocenters. The summed E-state index contributed by atoms with van der Waals surface area (Å²) in [5.41, 5.74) is 1.50. The summed E-state index contributed by atoms with van der Waals surface area (Å²) in [6, 6.07) is 19.7. The molecule has 0 spiro atoms. The number of ketones is 1. The van der Waals surface area contributed by atoms with E-state index in [1.165, 1.54) is 4.90 Å². The second-order valence-electron chi connectivity index (χ2n) is 7.79. The van der Waals surface area contributed by atoms with Gasteiger partial charge in [0, 0.05) is 16.3 Å². The maximum atomic E-state index is 13.2. The van der Waals surface area contributed by atoms with Gasteiger partial charge >= 0.3 is 0 Å². The van der Waals surface area contributed by atoms with Gasteiger partial charge in [-0.3, -0.25) is 14.5 Å². The molecule has 1 heterocycles. The van der Waals surface area contributed by atoms with Gasteiger partial charge in [0.25, 0.3) is 11.7 Å². The van der Waals surface area contributed by atoms with Crippen molar-refractivity contribution in [1.29, 1.82) is 0 Å². The van der Waals surface area contributed by atoms with Crippen molar-refractivity contribution in [1.82, 2.24) is 0 Å². The third-order valence-electron chi connectivity index (χ3n) is 5.56. The fraction of sp³-hybridized carbons (Fsp3) is 0.185. The fourth-order valence-corrected chi connectivity index (χ4v) is 4.10. The highest BCUT2D eigenvalue weighted by Gasteiger charge is 2.47. The van der Waals surface area contributed by atoms with Gasteiger partial charge in [-0.2, -0.15) is 0 Å². The van der Waals surface area contributed by atoms with Crippen LogP contribution in [0.25, 0.3) is 5.76 Å². The molecule has 7 heteroatoms. The predicted octanol–water partition coefficient (Wildman–Crippen LogP) is 5.76. The number of anilines is 1. The zero-order valence-electron chi connectivity index (χ0n) is 18.8. The SMILES string of the molecule is CCCOc1ccc(C2/C(=C(/O)c3cccc(Cl)c3)C(=O)C(=O)N2c2ccc(OC)cc2)cc1. The van der Waals surface area contributed by atoms with Gasteiger partial charge in [-0.1, -0.05) is 42.8 Å². The van der Waals surface area contributed by atoms with Crippen molar-refractivity contribution in [2.24, 2.45) is 0 Å². The van der Waals surface area contributed by atoms with Crippen LogP contribution < -0.4 is 14.4 Å². The molecular weight excluding hydrogens is 454 g/mol. The molecule has 1 aliphatic rings. The molecule has 0 saturated carbocycles. The van der Waals surface area contributed by atoms with E-state index < -0.39 is 17.7 Å². The number of carbonyl (C=O) groups is 2. The molecule has 0 aromatic heterocycles. The molecule has 1 atom stereocenters. The lowest BCUT2D eigenvalue weighted by atomic mass is 9.95. The van der Waals surface area contributed by atoms with Crippen molar-refractivity contribution in [2.75, 3.05) is 18.6 Å². The lowest BCUT2D eigenvalue weighted by Crippen LogP contribution is -2.29. The number of halogens is 1. The van der Waals surface area contributed by atoms with Gasteiger partial charge in [0.05, 0.1) is 25.3 Å². The number of amides is 1. The summed E-state index contributed by atoms with van der Waals surface area (Å²) in [6.45, 7) is 2.60. The Morgan fingerprint density at radius 2 is 1.68 bits per heavy atom. The first kappa shape index (κ1) is 23.4. The zero-order valence-corrected chi connectivity index (χ0v) is 19.6. The van der Waals surface area contributed by atoms with E-state index in [9.17, 15) is 14.7 Å². The van der Waals surface area contributed by atoms with E-state index >= 15 is 0 Å². The molecule has 0 radical (unpaired) electrons. The summed E-state index contributed by atoms with van der Waals surface area (Å²) in [5.74, 6) is -0.488. The van der Waals surface area contributed by atoms with Crippen molar-refractivity contribution in [3.05, 3.63) is 94.5 Å². The Morgan fingerprint density at radius 3 is 2.29 bits per heavy atom. The van der Waals surface area contributed by atoms with Gasteiger partial charge in [-0.25, -0.2) is 0 Å². The minimum absolute atomic E-state index is 0.00897. The van der Waals surface area contributed by atoms with Gasteiger partial charge in [-0.05, 0) is 60.5 Å². The van der Waals surface area contributed by atoms with Crippen LogP contribution in [0.3, 0.4) is 0 Å². The normalized spacial score (nSPS) is 17.1. The molecule has 3 aromatic rings. The fourth-order valence-electron chi connectivity index (χ4n) is 3.91. The molecule has 1 fully saturated rings. The molecule has 3 aromatic carbocycles. The van der Waals surface area contributed by atoms with Crippen molar-refractivity contribution >= 4 is 34.7 Å². The van der Waals surface area contributed by atoms with Gasteiger partial charge in [-0.15, -0.1) is 0 Å². The molecule has 174 valence electrons. The second kappa shape index (κ2) is 10.0.